The van der Waals surface area contributed by atoms with E-state index in [9.17, 15) is 14.4 Å². The van der Waals surface area contributed by atoms with Crippen LogP contribution in [0, 0.1) is 0 Å². The van der Waals surface area contributed by atoms with Gasteiger partial charge in [0.25, 0.3) is 11.5 Å². The van der Waals surface area contributed by atoms with Gasteiger partial charge in [-0.05, 0) is 37.3 Å². The second-order valence-electron chi connectivity index (χ2n) is 7.54. The Hall–Kier alpha value is -3.39. The maximum absolute atomic E-state index is 12.8. The molecule has 2 amide bonds. The Balaban J connectivity index is 1.39. The quantitative estimate of drug-likeness (QED) is 0.639. The van der Waals surface area contributed by atoms with Crippen molar-refractivity contribution >= 4 is 39.9 Å². The maximum Gasteiger partial charge on any atom is 0.274 e. The Kier molecular flexibility index (Phi) is 6.41. The molecule has 1 N–H and O–H groups in total. The lowest BCUT2D eigenvalue weighted by Crippen LogP contribution is -2.51. The van der Waals surface area contributed by atoms with Gasteiger partial charge in [-0.3, -0.25) is 14.4 Å². The maximum atomic E-state index is 12.8. The van der Waals surface area contributed by atoms with E-state index in [1.807, 2.05) is 24.3 Å². The number of nitrogens with zero attached hydrogens (tertiary/aromatic N) is 4. The summed E-state index contributed by atoms with van der Waals surface area (Å²) in [4.78, 5) is 41.9. The molecule has 166 valence electrons. The van der Waals surface area contributed by atoms with Crippen molar-refractivity contribution in [3.8, 4) is 0 Å². The first-order chi connectivity index (χ1) is 15.5. The molecule has 1 aliphatic rings. The molecule has 1 aliphatic heterocycles. The lowest BCUT2D eigenvalue weighted by molar-refractivity contribution is -0.130. The van der Waals surface area contributed by atoms with Crippen LogP contribution in [0.4, 0.5) is 5.69 Å². The summed E-state index contributed by atoms with van der Waals surface area (Å²) < 4.78 is 1.26. The number of amides is 2. The fourth-order valence-electron chi connectivity index (χ4n) is 3.83. The van der Waals surface area contributed by atoms with Crippen molar-refractivity contribution in [3.63, 3.8) is 0 Å². The van der Waals surface area contributed by atoms with Gasteiger partial charge >= 0.3 is 0 Å². The molecule has 3 aromatic rings. The van der Waals surface area contributed by atoms with Gasteiger partial charge in [0, 0.05) is 48.8 Å². The minimum Gasteiger partial charge on any atom is -0.368 e. The molecule has 0 aliphatic carbocycles. The van der Waals surface area contributed by atoms with Crippen LogP contribution in [0.1, 0.15) is 17.4 Å². The number of carbonyl (C=O) groups is 2. The predicted octanol–water partition coefficient (Wildman–Crippen LogP) is 2.15. The normalized spacial score (nSPS) is 13.9. The molecule has 9 heteroatoms. The molecule has 0 unspecified atom stereocenters. The van der Waals surface area contributed by atoms with Gasteiger partial charge in [-0.25, -0.2) is 4.68 Å². The zero-order chi connectivity index (χ0) is 22.7. The van der Waals surface area contributed by atoms with Gasteiger partial charge < -0.3 is 15.1 Å². The summed E-state index contributed by atoms with van der Waals surface area (Å²) in [6.07, 6.45) is 0. The zero-order valence-corrected chi connectivity index (χ0v) is 18.5. The highest BCUT2D eigenvalue weighted by Gasteiger charge is 2.23. The average molecular weight is 454 g/mol. The van der Waals surface area contributed by atoms with Crippen LogP contribution in [0.15, 0.2) is 53.3 Å². The number of carbonyl (C=O) groups excluding carboxylic acids is 2. The van der Waals surface area contributed by atoms with Gasteiger partial charge in [-0.1, -0.05) is 29.8 Å². The second-order valence-corrected chi connectivity index (χ2v) is 7.98. The van der Waals surface area contributed by atoms with Crippen LogP contribution in [0.2, 0.25) is 5.02 Å². The monoisotopic (exact) mass is 453 g/mol. The number of rotatable bonds is 5. The number of aromatic nitrogens is 2. The van der Waals surface area contributed by atoms with Crippen molar-refractivity contribution in [1.82, 2.24) is 20.0 Å². The summed E-state index contributed by atoms with van der Waals surface area (Å²) in [5.41, 5.74) is 0.968. The van der Waals surface area contributed by atoms with E-state index < -0.39 is 5.91 Å². The van der Waals surface area contributed by atoms with E-state index in [-0.39, 0.29) is 23.7 Å². The fraction of sp³-hybridized carbons (Fsp3) is 0.304. The molecule has 1 aromatic heterocycles. The van der Waals surface area contributed by atoms with E-state index in [1.165, 1.54) is 4.68 Å². The molecular formula is C23H24ClN5O3. The fourth-order valence-corrected chi connectivity index (χ4v) is 3.96. The first kappa shape index (κ1) is 21.8. The highest BCUT2D eigenvalue weighted by Crippen LogP contribution is 2.19. The van der Waals surface area contributed by atoms with Gasteiger partial charge in [0.15, 0.2) is 5.69 Å². The van der Waals surface area contributed by atoms with Gasteiger partial charge in [0.05, 0.1) is 11.9 Å². The van der Waals surface area contributed by atoms with Crippen molar-refractivity contribution in [2.45, 2.75) is 13.5 Å². The third-order valence-corrected chi connectivity index (χ3v) is 5.86. The highest BCUT2D eigenvalue weighted by molar-refractivity contribution is 6.30. The number of anilines is 1. The molecule has 0 bridgehead atoms. The van der Waals surface area contributed by atoms with E-state index >= 15 is 0 Å². The molecule has 1 fully saturated rings. The number of hydrogen-bond acceptors (Lipinski definition) is 5. The number of hydrogen-bond donors (Lipinski definition) is 1. The van der Waals surface area contributed by atoms with Crippen molar-refractivity contribution in [1.29, 1.82) is 0 Å². The molecule has 1 saturated heterocycles. The Morgan fingerprint density at radius 1 is 1.00 bits per heavy atom. The topological polar surface area (TPSA) is 87.5 Å². The van der Waals surface area contributed by atoms with Crippen LogP contribution in [0.5, 0.6) is 0 Å². The van der Waals surface area contributed by atoms with Crippen LogP contribution in [0.25, 0.3) is 10.8 Å². The third-order valence-electron chi connectivity index (χ3n) is 5.61. The third kappa shape index (κ3) is 4.45. The molecule has 4 rings (SSSR count). The van der Waals surface area contributed by atoms with Crippen LogP contribution < -0.4 is 15.8 Å². The van der Waals surface area contributed by atoms with E-state index in [1.54, 1.807) is 36.1 Å². The molecular weight excluding hydrogens is 430 g/mol. The Bertz CT molecular complexity index is 1200. The highest BCUT2D eigenvalue weighted by atomic mass is 35.5. The summed E-state index contributed by atoms with van der Waals surface area (Å²) in [6, 6.07) is 14.5. The summed E-state index contributed by atoms with van der Waals surface area (Å²) in [5, 5.41) is 8.48. The molecule has 0 radical (unpaired) electrons. The minimum atomic E-state index is -0.475. The van der Waals surface area contributed by atoms with E-state index in [4.69, 9.17) is 11.6 Å². The van der Waals surface area contributed by atoms with Gasteiger partial charge in [-0.2, -0.15) is 5.10 Å². The zero-order valence-electron chi connectivity index (χ0n) is 17.8. The lowest BCUT2D eigenvalue weighted by atomic mass is 10.1. The molecule has 2 heterocycles. The Morgan fingerprint density at radius 2 is 1.66 bits per heavy atom. The largest absolute Gasteiger partial charge is 0.368 e. The summed E-state index contributed by atoms with van der Waals surface area (Å²) in [6.45, 7) is 4.56. The SMILES string of the molecule is CCn1nc(C(=O)NCC(=O)N2CCN(c3ccc(Cl)cc3)CC2)c2ccccc2c1=O. The van der Waals surface area contributed by atoms with E-state index in [0.29, 0.717) is 48.5 Å². The number of fused-ring (bicyclic) bond motifs is 1. The number of nitrogens with one attached hydrogen (secondary N) is 1. The van der Waals surface area contributed by atoms with Crippen molar-refractivity contribution in [2.75, 3.05) is 37.6 Å². The Morgan fingerprint density at radius 3 is 2.31 bits per heavy atom. The molecule has 0 spiro atoms. The predicted molar refractivity (Wildman–Crippen MR) is 124 cm³/mol. The van der Waals surface area contributed by atoms with E-state index in [0.717, 1.165) is 5.69 Å². The number of piperazine rings is 1. The molecule has 32 heavy (non-hydrogen) atoms. The second kappa shape index (κ2) is 9.40. The van der Waals surface area contributed by atoms with Crippen LogP contribution in [0.3, 0.4) is 0 Å². The van der Waals surface area contributed by atoms with Crippen molar-refractivity contribution in [2.24, 2.45) is 0 Å². The molecule has 0 saturated carbocycles. The van der Waals surface area contributed by atoms with Crippen LogP contribution in [-0.2, 0) is 11.3 Å². The van der Waals surface area contributed by atoms with E-state index in [2.05, 4.69) is 15.3 Å². The Labute approximate surface area is 190 Å². The summed E-state index contributed by atoms with van der Waals surface area (Å²) in [7, 11) is 0. The number of benzene rings is 2. The smallest absolute Gasteiger partial charge is 0.274 e. The lowest BCUT2D eigenvalue weighted by Gasteiger charge is -2.36. The summed E-state index contributed by atoms with van der Waals surface area (Å²) >= 11 is 5.95. The first-order valence-corrected chi connectivity index (χ1v) is 10.9. The van der Waals surface area contributed by atoms with Gasteiger partial charge in [0.2, 0.25) is 5.91 Å². The van der Waals surface area contributed by atoms with Crippen molar-refractivity contribution < 1.29 is 9.59 Å². The molecule has 8 nitrogen and oxygen atoms in total. The average Bonchev–Trinajstić information content (AvgIpc) is 2.83. The van der Waals surface area contributed by atoms with Gasteiger partial charge in [-0.15, -0.1) is 0 Å². The number of aryl methyl sites for hydroxylation is 1. The van der Waals surface area contributed by atoms with Crippen LogP contribution >= 0.6 is 11.6 Å². The minimum absolute atomic E-state index is 0.124. The molecule has 2 aromatic carbocycles. The molecule has 0 atom stereocenters. The standard InChI is InChI=1S/C23H24ClN5O3/c1-2-29-23(32)19-6-4-3-5-18(19)21(26-29)22(31)25-15-20(30)28-13-11-27(12-14-28)17-9-7-16(24)8-10-17/h3-10H,2,11-15H2,1H3,(H,25,31). The number of halogens is 1. The summed E-state index contributed by atoms with van der Waals surface area (Å²) in [5.74, 6) is -0.626. The van der Waals surface area contributed by atoms with Crippen LogP contribution in [-0.4, -0.2) is 59.2 Å². The first-order valence-electron chi connectivity index (χ1n) is 10.5. The van der Waals surface area contributed by atoms with Gasteiger partial charge in [0.1, 0.15) is 0 Å². The van der Waals surface area contributed by atoms with Crippen molar-refractivity contribution in [3.05, 3.63) is 69.6 Å².